The normalized spacial score (nSPS) is 12.6. The molecule has 1 aliphatic rings. The first kappa shape index (κ1) is 7.87. The molecule has 0 saturated heterocycles. The lowest BCUT2D eigenvalue weighted by molar-refractivity contribution is 0.174. The third-order valence-electron chi connectivity index (χ3n) is 1.86. The number of ether oxygens (including phenoxy) is 2. The SMILES string of the molecule is N#Cc1cc2c(cc1CF)OCO2. The van der Waals surface area contributed by atoms with Gasteiger partial charge in [0.2, 0.25) is 6.79 Å². The predicted molar refractivity (Wildman–Crippen MR) is 42.1 cm³/mol. The van der Waals surface area contributed by atoms with Crippen LogP contribution in [-0.2, 0) is 6.67 Å². The predicted octanol–water partition coefficient (Wildman–Crippen LogP) is 1.76. The molecule has 4 heteroatoms. The molecule has 1 aromatic rings. The minimum absolute atomic E-state index is 0.135. The van der Waals surface area contributed by atoms with E-state index in [0.717, 1.165) is 0 Å². The van der Waals surface area contributed by atoms with Crippen molar-refractivity contribution in [3.8, 4) is 17.6 Å². The van der Waals surface area contributed by atoms with Crippen LogP contribution in [0.5, 0.6) is 11.5 Å². The molecule has 0 radical (unpaired) electrons. The number of nitriles is 1. The van der Waals surface area contributed by atoms with E-state index in [0.29, 0.717) is 22.6 Å². The van der Waals surface area contributed by atoms with E-state index in [9.17, 15) is 4.39 Å². The van der Waals surface area contributed by atoms with Crippen LogP contribution in [0.25, 0.3) is 0 Å². The molecule has 0 fully saturated rings. The number of fused-ring (bicyclic) bond motifs is 1. The highest BCUT2D eigenvalue weighted by Crippen LogP contribution is 2.34. The molecule has 66 valence electrons. The van der Waals surface area contributed by atoms with Crippen molar-refractivity contribution in [2.24, 2.45) is 0 Å². The Morgan fingerprint density at radius 1 is 1.38 bits per heavy atom. The quantitative estimate of drug-likeness (QED) is 0.659. The van der Waals surface area contributed by atoms with E-state index < -0.39 is 6.67 Å². The van der Waals surface area contributed by atoms with Crippen LogP contribution in [0.1, 0.15) is 11.1 Å². The van der Waals surface area contributed by atoms with Crippen molar-refractivity contribution < 1.29 is 13.9 Å². The summed E-state index contributed by atoms with van der Waals surface area (Å²) in [7, 11) is 0. The van der Waals surface area contributed by atoms with Crippen LogP contribution in [0.4, 0.5) is 4.39 Å². The second-order valence-electron chi connectivity index (χ2n) is 2.61. The Hall–Kier alpha value is -1.76. The van der Waals surface area contributed by atoms with E-state index in [4.69, 9.17) is 14.7 Å². The van der Waals surface area contributed by atoms with E-state index in [1.165, 1.54) is 12.1 Å². The fourth-order valence-electron chi connectivity index (χ4n) is 1.20. The van der Waals surface area contributed by atoms with Crippen molar-refractivity contribution in [1.82, 2.24) is 0 Å². The summed E-state index contributed by atoms with van der Waals surface area (Å²) in [5, 5.41) is 8.67. The largest absolute Gasteiger partial charge is 0.454 e. The molecule has 0 N–H and O–H groups in total. The van der Waals surface area contributed by atoms with Gasteiger partial charge in [-0.1, -0.05) is 0 Å². The average Bonchev–Trinajstić information content (AvgIpc) is 2.62. The van der Waals surface area contributed by atoms with Gasteiger partial charge in [0.05, 0.1) is 11.6 Å². The highest BCUT2D eigenvalue weighted by molar-refractivity contribution is 5.52. The first-order valence-corrected chi connectivity index (χ1v) is 3.73. The Morgan fingerprint density at radius 2 is 2.08 bits per heavy atom. The third kappa shape index (κ3) is 1.18. The summed E-state index contributed by atoms with van der Waals surface area (Å²) in [6.07, 6.45) is 0. The molecule has 1 aliphatic heterocycles. The van der Waals surface area contributed by atoms with Crippen molar-refractivity contribution >= 4 is 0 Å². The van der Waals surface area contributed by atoms with Crippen LogP contribution in [-0.4, -0.2) is 6.79 Å². The molecule has 13 heavy (non-hydrogen) atoms. The molecule has 0 amide bonds. The van der Waals surface area contributed by atoms with Gasteiger partial charge < -0.3 is 9.47 Å². The Morgan fingerprint density at radius 3 is 2.69 bits per heavy atom. The molecule has 2 rings (SSSR count). The maximum Gasteiger partial charge on any atom is 0.231 e. The second-order valence-corrected chi connectivity index (χ2v) is 2.61. The topological polar surface area (TPSA) is 42.2 Å². The number of benzene rings is 1. The molecular weight excluding hydrogens is 173 g/mol. The zero-order valence-electron chi connectivity index (χ0n) is 6.71. The molecule has 0 atom stereocenters. The Kier molecular flexibility index (Phi) is 1.78. The summed E-state index contributed by atoms with van der Waals surface area (Å²) < 4.78 is 22.5. The number of halogens is 1. The molecule has 1 heterocycles. The van der Waals surface area contributed by atoms with E-state index in [2.05, 4.69) is 0 Å². The number of nitrogens with zero attached hydrogens (tertiary/aromatic N) is 1. The van der Waals surface area contributed by atoms with Gasteiger partial charge in [-0.25, -0.2) is 4.39 Å². The van der Waals surface area contributed by atoms with Crippen LogP contribution in [0.3, 0.4) is 0 Å². The van der Waals surface area contributed by atoms with Crippen LogP contribution in [0.15, 0.2) is 12.1 Å². The molecular formula is C9H6FNO2. The van der Waals surface area contributed by atoms with Crippen molar-refractivity contribution in [2.45, 2.75) is 6.67 Å². The molecule has 3 nitrogen and oxygen atoms in total. The fourth-order valence-corrected chi connectivity index (χ4v) is 1.20. The van der Waals surface area contributed by atoms with E-state index >= 15 is 0 Å². The summed E-state index contributed by atoms with van der Waals surface area (Å²) >= 11 is 0. The van der Waals surface area contributed by atoms with Crippen LogP contribution < -0.4 is 9.47 Å². The summed E-state index contributed by atoms with van der Waals surface area (Å²) in [6, 6.07) is 4.90. The van der Waals surface area contributed by atoms with Gasteiger partial charge in [-0.05, 0) is 6.07 Å². The van der Waals surface area contributed by atoms with Gasteiger partial charge in [0.1, 0.15) is 6.67 Å². The Labute approximate surface area is 74.3 Å². The molecule has 0 saturated carbocycles. The van der Waals surface area contributed by atoms with Gasteiger partial charge in [0.25, 0.3) is 0 Å². The minimum atomic E-state index is -0.667. The highest BCUT2D eigenvalue weighted by atomic mass is 19.1. The van der Waals surface area contributed by atoms with Crippen LogP contribution in [0, 0.1) is 11.3 Å². The zero-order valence-corrected chi connectivity index (χ0v) is 6.71. The van der Waals surface area contributed by atoms with Crippen LogP contribution in [0.2, 0.25) is 0 Å². The third-order valence-corrected chi connectivity index (χ3v) is 1.86. The highest BCUT2D eigenvalue weighted by Gasteiger charge is 2.16. The monoisotopic (exact) mass is 179 g/mol. The van der Waals surface area contributed by atoms with Gasteiger partial charge in [0.15, 0.2) is 11.5 Å². The van der Waals surface area contributed by atoms with E-state index in [1.807, 2.05) is 6.07 Å². The van der Waals surface area contributed by atoms with Crippen molar-refractivity contribution in [3.63, 3.8) is 0 Å². The first-order chi connectivity index (χ1) is 6.35. The van der Waals surface area contributed by atoms with Crippen LogP contribution >= 0.6 is 0 Å². The summed E-state index contributed by atoms with van der Waals surface area (Å²) in [5.74, 6) is 1.01. The summed E-state index contributed by atoms with van der Waals surface area (Å²) in [6.45, 7) is -0.532. The number of hydrogen-bond donors (Lipinski definition) is 0. The number of alkyl halides is 1. The lowest BCUT2D eigenvalue weighted by atomic mass is 10.1. The zero-order chi connectivity index (χ0) is 9.26. The first-order valence-electron chi connectivity index (χ1n) is 3.73. The Bertz CT molecular complexity index is 384. The van der Waals surface area contributed by atoms with Gasteiger partial charge in [-0.2, -0.15) is 5.26 Å². The van der Waals surface area contributed by atoms with E-state index in [1.54, 1.807) is 0 Å². The van der Waals surface area contributed by atoms with Gasteiger partial charge in [0, 0.05) is 11.6 Å². The standard InChI is InChI=1S/C9H6FNO2/c10-3-6-1-8-9(13-5-12-8)2-7(6)4-11/h1-2H,3,5H2. The van der Waals surface area contributed by atoms with Crippen molar-refractivity contribution in [3.05, 3.63) is 23.3 Å². The smallest absolute Gasteiger partial charge is 0.231 e. The lowest BCUT2D eigenvalue weighted by Gasteiger charge is -2.00. The molecule has 0 spiro atoms. The summed E-state index contributed by atoms with van der Waals surface area (Å²) in [5.41, 5.74) is 0.638. The minimum Gasteiger partial charge on any atom is -0.454 e. The van der Waals surface area contributed by atoms with Crippen molar-refractivity contribution in [1.29, 1.82) is 5.26 Å². The van der Waals surface area contributed by atoms with E-state index in [-0.39, 0.29) is 6.79 Å². The van der Waals surface area contributed by atoms with Crippen molar-refractivity contribution in [2.75, 3.05) is 6.79 Å². The van der Waals surface area contributed by atoms with Gasteiger partial charge in [-0.15, -0.1) is 0 Å². The molecule has 0 unspecified atom stereocenters. The maximum absolute atomic E-state index is 12.4. The molecule has 0 bridgehead atoms. The molecule has 1 aromatic carbocycles. The average molecular weight is 179 g/mol. The lowest BCUT2D eigenvalue weighted by Crippen LogP contribution is -1.92. The maximum atomic E-state index is 12.4. The van der Waals surface area contributed by atoms with Gasteiger partial charge in [-0.3, -0.25) is 0 Å². The van der Waals surface area contributed by atoms with Gasteiger partial charge >= 0.3 is 0 Å². The summed E-state index contributed by atoms with van der Waals surface area (Å²) in [4.78, 5) is 0. The second kappa shape index (κ2) is 2.94. The molecule has 0 aromatic heterocycles. The fraction of sp³-hybridized carbons (Fsp3) is 0.222. The molecule has 0 aliphatic carbocycles. The Balaban J connectivity index is 2.55. The number of hydrogen-bond acceptors (Lipinski definition) is 3. The number of rotatable bonds is 1.